The van der Waals surface area contributed by atoms with E-state index in [0.29, 0.717) is 5.92 Å². The minimum absolute atomic E-state index is 0.0371. The maximum atomic E-state index is 8.44. The number of hydrogen-bond acceptors (Lipinski definition) is 6. The predicted octanol–water partition coefficient (Wildman–Crippen LogP) is 1.41. The van der Waals surface area contributed by atoms with Crippen molar-refractivity contribution in [1.29, 1.82) is 0 Å². The van der Waals surface area contributed by atoms with Gasteiger partial charge in [-0.1, -0.05) is 5.16 Å². The van der Waals surface area contributed by atoms with E-state index in [1.807, 2.05) is 24.3 Å². The second kappa shape index (κ2) is 9.14. The Morgan fingerprint density at radius 1 is 1.50 bits per heavy atom. The highest BCUT2D eigenvalue weighted by Crippen LogP contribution is 2.19. The van der Waals surface area contributed by atoms with Crippen molar-refractivity contribution in [3.05, 3.63) is 36.5 Å². The summed E-state index contributed by atoms with van der Waals surface area (Å²) in [6, 6.07) is 7.67. The fourth-order valence-electron chi connectivity index (χ4n) is 2.79. The molecular formula is C17H27N5O2. The first kappa shape index (κ1) is 18.1. The fraction of sp³-hybridized carbons (Fsp3) is 0.471. The average Bonchev–Trinajstić information content (AvgIpc) is 3.03. The summed E-state index contributed by atoms with van der Waals surface area (Å²) in [5, 5.41) is 14.3. The van der Waals surface area contributed by atoms with Crippen molar-refractivity contribution >= 4 is 11.5 Å². The molecule has 7 heteroatoms. The molecule has 1 saturated heterocycles. The second-order valence-electron chi connectivity index (χ2n) is 6.11. The number of amidine groups is 1. The summed E-state index contributed by atoms with van der Waals surface area (Å²) in [5.41, 5.74) is 12.0. The maximum Gasteiger partial charge on any atom is 0.164 e. The van der Waals surface area contributed by atoms with Gasteiger partial charge in [-0.3, -0.25) is 4.90 Å². The number of hydrogen-bond donors (Lipinski definition) is 4. The zero-order chi connectivity index (χ0) is 17.4. The van der Waals surface area contributed by atoms with Crippen LogP contribution in [-0.4, -0.2) is 48.2 Å². The summed E-state index contributed by atoms with van der Waals surface area (Å²) in [5.74, 6) is 1.50. The SMILES string of the molecule is CC(CN1CCC(CN)C1)Oc1ccc(N/C=C\C(N)=NO)cc1. The Balaban J connectivity index is 1.77. The number of anilines is 1. The van der Waals surface area contributed by atoms with Crippen LogP contribution in [0.15, 0.2) is 41.7 Å². The molecule has 0 aliphatic carbocycles. The van der Waals surface area contributed by atoms with E-state index in [-0.39, 0.29) is 11.9 Å². The van der Waals surface area contributed by atoms with Crippen molar-refractivity contribution < 1.29 is 9.94 Å². The Hall–Kier alpha value is -2.25. The van der Waals surface area contributed by atoms with E-state index >= 15 is 0 Å². The van der Waals surface area contributed by atoms with E-state index in [2.05, 4.69) is 22.3 Å². The lowest BCUT2D eigenvalue weighted by Crippen LogP contribution is -2.33. The number of ether oxygens (including phenoxy) is 1. The molecule has 2 atom stereocenters. The Labute approximate surface area is 142 Å². The molecule has 1 aliphatic heterocycles. The lowest BCUT2D eigenvalue weighted by Gasteiger charge is -2.22. The van der Waals surface area contributed by atoms with Crippen LogP contribution in [0.25, 0.3) is 0 Å². The summed E-state index contributed by atoms with van der Waals surface area (Å²) in [6.07, 6.45) is 4.38. The Bertz CT molecular complexity index is 559. The highest BCUT2D eigenvalue weighted by Gasteiger charge is 2.22. The third-order valence-corrected chi connectivity index (χ3v) is 4.03. The molecule has 1 aromatic rings. The van der Waals surface area contributed by atoms with E-state index < -0.39 is 0 Å². The fourth-order valence-corrected chi connectivity index (χ4v) is 2.79. The first-order valence-corrected chi connectivity index (χ1v) is 8.20. The molecule has 1 heterocycles. The van der Waals surface area contributed by atoms with Gasteiger partial charge in [-0.25, -0.2) is 0 Å². The molecule has 6 N–H and O–H groups in total. The molecule has 7 nitrogen and oxygen atoms in total. The number of nitrogens with two attached hydrogens (primary N) is 2. The van der Waals surface area contributed by atoms with Gasteiger partial charge in [-0.15, -0.1) is 0 Å². The highest BCUT2D eigenvalue weighted by atomic mass is 16.5. The molecule has 0 amide bonds. The molecule has 0 aromatic heterocycles. The minimum Gasteiger partial charge on any atom is -0.489 e. The number of benzene rings is 1. The summed E-state index contributed by atoms with van der Waals surface area (Å²) in [4.78, 5) is 2.41. The van der Waals surface area contributed by atoms with Crippen molar-refractivity contribution in [3.63, 3.8) is 0 Å². The molecule has 1 aliphatic rings. The second-order valence-corrected chi connectivity index (χ2v) is 6.11. The number of likely N-dealkylation sites (tertiary alicyclic amines) is 1. The van der Waals surface area contributed by atoms with Crippen LogP contribution in [0.4, 0.5) is 5.69 Å². The zero-order valence-corrected chi connectivity index (χ0v) is 14.1. The number of nitrogens with one attached hydrogen (secondary N) is 1. The predicted molar refractivity (Wildman–Crippen MR) is 96.3 cm³/mol. The summed E-state index contributed by atoms with van der Waals surface area (Å²) in [6.45, 7) is 5.94. The standard InChI is InChI=1S/C17H27N5O2/c1-13(11-22-9-7-14(10-18)12-22)24-16-4-2-15(3-5-16)20-8-6-17(19)21-23/h2-6,8,13-14,20,23H,7,9-12,18H2,1H3,(H2,19,21)/b8-6-. The van der Waals surface area contributed by atoms with Crippen LogP contribution < -0.4 is 21.5 Å². The molecule has 0 bridgehead atoms. The molecule has 0 radical (unpaired) electrons. The van der Waals surface area contributed by atoms with Crippen molar-refractivity contribution in [2.24, 2.45) is 22.5 Å². The third kappa shape index (κ3) is 5.75. The third-order valence-electron chi connectivity index (χ3n) is 4.03. The Morgan fingerprint density at radius 3 is 2.88 bits per heavy atom. The van der Waals surface area contributed by atoms with Gasteiger partial charge in [0.15, 0.2) is 5.84 Å². The van der Waals surface area contributed by atoms with Crippen LogP contribution in [0.1, 0.15) is 13.3 Å². The number of nitrogens with zero attached hydrogens (tertiary/aromatic N) is 2. The molecule has 2 unspecified atom stereocenters. The van der Waals surface area contributed by atoms with E-state index in [1.54, 1.807) is 6.20 Å². The van der Waals surface area contributed by atoms with Crippen molar-refractivity contribution in [2.75, 3.05) is 31.5 Å². The van der Waals surface area contributed by atoms with Crippen LogP contribution in [0.5, 0.6) is 5.75 Å². The van der Waals surface area contributed by atoms with Gasteiger partial charge in [0.1, 0.15) is 11.9 Å². The van der Waals surface area contributed by atoms with E-state index in [0.717, 1.165) is 37.6 Å². The van der Waals surface area contributed by atoms with E-state index in [1.165, 1.54) is 12.5 Å². The van der Waals surface area contributed by atoms with Crippen LogP contribution in [0.2, 0.25) is 0 Å². The number of rotatable bonds is 8. The Kier molecular flexibility index (Phi) is 6.89. The van der Waals surface area contributed by atoms with Crippen LogP contribution in [0.3, 0.4) is 0 Å². The number of oxime groups is 1. The quantitative estimate of drug-likeness (QED) is 0.248. The monoisotopic (exact) mass is 333 g/mol. The van der Waals surface area contributed by atoms with Crippen molar-refractivity contribution in [3.8, 4) is 5.75 Å². The van der Waals surface area contributed by atoms with Gasteiger partial charge in [-0.05, 0) is 62.7 Å². The molecule has 2 rings (SSSR count). The Morgan fingerprint density at radius 2 is 2.25 bits per heavy atom. The van der Waals surface area contributed by atoms with E-state index in [9.17, 15) is 0 Å². The van der Waals surface area contributed by atoms with Crippen LogP contribution >= 0.6 is 0 Å². The summed E-state index contributed by atoms with van der Waals surface area (Å²) >= 11 is 0. The van der Waals surface area contributed by atoms with Crippen molar-refractivity contribution in [2.45, 2.75) is 19.4 Å². The summed E-state index contributed by atoms with van der Waals surface area (Å²) in [7, 11) is 0. The lowest BCUT2D eigenvalue weighted by atomic mass is 10.1. The highest BCUT2D eigenvalue weighted by molar-refractivity contribution is 5.91. The normalized spacial score (nSPS) is 20.4. The van der Waals surface area contributed by atoms with Crippen LogP contribution in [-0.2, 0) is 0 Å². The molecule has 1 aromatic carbocycles. The van der Waals surface area contributed by atoms with Gasteiger partial charge in [0.25, 0.3) is 0 Å². The van der Waals surface area contributed by atoms with Gasteiger partial charge in [-0.2, -0.15) is 0 Å². The first-order valence-electron chi connectivity index (χ1n) is 8.20. The molecule has 24 heavy (non-hydrogen) atoms. The van der Waals surface area contributed by atoms with E-state index in [4.69, 9.17) is 21.4 Å². The van der Waals surface area contributed by atoms with Gasteiger partial charge >= 0.3 is 0 Å². The average molecular weight is 333 g/mol. The first-order chi connectivity index (χ1) is 11.6. The maximum absolute atomic E-state index is 8.44. The lowest BCUT2D eigenvalue weighted by molar-refractivity contribution is 0.159. The minimum atomic E-state index is 0.0371. The largest absolute Gasteiger partial charge is 0.489 e. The molecule has 1 fully saturated rings. The van der Waals surface area contributed by atoms with Crippen LogP contribution in [0, 0.1) is 5.92 Å². The topological polar surface area (TPSA) is 109 Å². The molecule has 0 saturated carbocycles. The molecule has 132 valence electrons. The zero-order valence-electron chi connectivity index (χ0n) is 14.1. The summed E-state index contributed by atoms with van der Waals surface area (Å²) < 4.78 is 5.97. The smallest absolute Gasteiger partial charge is 0.164 e. The van der Waals surface area contributed by atoms with Gasteiger partial charge in [0, 0.05) is 25.0 Å². The molecule has 0 spiro atoms. The van der Waals surface area contributed by atoms with Crippen molar-refractivity contribution in [1.82, 2.24) is 4.90 Å². The van der Waals surface area contributed by atoms with Gasteiger partial charge in [0.2, 0.25) is 0 Å². The van der Waals surface area contributed by atoms with Gasteiger partial charge < -0.3 is 26.7 Å². The molecular weight excluding hydrogens is 306 g/mol. The van der Waals surface area contributed by atoms with Gasteiger partial charge in [0.05, 0.1) is 0 Å².